The smallest absolute Gasteiger partial charge is 0.457 e. The molecule has 12 nitrogen and oxygen atoms in total. The number of hydrogen-bond acceptors (Lipinski definition) is 12. The number of carbonyl (C=O) groups excluding carboxylic acids is 4. The molecule has 0 fully saturated rings. The summed E-state index contributed by atoms with van der Waals surface area (Å²) in [6.45, 7) is 12.6. The van der Waals surface area contributed by atoms with Crippen molar-refractivity contribution in [1.82, 2.24) is 0 Å². The minimum atomic E-state index is -1.29. The number of rotatable bonds is 4. The Hall–Kier alpha value is -7.08. The van der Waals surface area contributed by atoms with E-state index in [0.717, 1.165) is 11.1 Å². The second-order valence-electron chi connectivity index (χ2n) is 15.6. The quantitative estimate of drug-likeness (QED) is 0.0555. The van der Waals surface area contributed by atoms with Crippen molar-refractivity contribution in [2.75, 3.05) is 0 Å². The first kappa shape index (κ1) is 34.7. The van der Waals surface area contributed by atoms with Crippen molar-refractivity contribution < 1.29 is 57.1 Å². The first-order chi connectivity index (χ1) is 26.6. The van der Waals surface area contributed by atoms with E-state index in [1.165, 1.54) is 12.1 Å². The summed E-state index contributed by atoms with van der Waals surface area (Å²) in [4.78, 5) is 50.7. The van der Waals surface area contributed by atoms with Crippen LogP contribution in [0.4, 0.5) is 19.2 Å². The second-order valence-corrected chi connectivity index (χ2v) is 15.6. The van der Waals surface area contributed by atoms with Gasteiger partial charge in [0, 0.05) is 33.7 Å². The average Bonchev–Trinajstić information content (AvgIpc) is 3.11. The van der Waals surface area contributed by atoms with Gasteiger partial charge in [-0.2, -0.15) is 0 Å². The third-order valence-electron chi connectivity index (χ3n) is 9.89. The van der Waals surface area contributed by atoms with Crippen LogP contribution in [0.5, 0.6) is 46.0 Å². The SMILES string of the molecule is CC(C)(C)c1ccc(Oc2cc3c4c(ccc5c6c(Oc7ccc(C(C)(C)C)cc7)cc7c8c(ccc(c2c45)c86)OC(=O)OC(=O)O7)OC(=O)OC(=O)O3)cc1. The largest absolute Gasteiger partial charge is 0.524 e. The van der Waals surface area contributed by atoms with E-state index in [2.05, 4.69) is 41.5 Å². The molecule has 0 aromatic heterocycles. The molecule has 0 unspecified atom stereocenters. The summed E-state index contributed by atoms with van der Waals surface area (Å²) >= 11 is 0. The summed E-state index contributed by atoms with van der Waals surface area (Å²) in [5, 5.41) is 3.59. The summed E-state index contributed by atoms with van der Waals surface area (Å²) < 4.78 is 45.0. The predicted molar refractivity (Wildman–Crippen MR) is 204 cm³/mol. The predicted octanol–water partition coefficient (Wildman–Crippen LogP) is 12.0. The molecule has 12 heteroatoms. The van der Waals surface area contributed by atoms with E-state index >= 15 is 0 Å². The van der Waals surface area contributed by atoms with Crippen LogP contribution in [-0.2, 0) is 20.3 Å². The molecule has 0 N–H and O–H groups in total. The van der Waals surface area contributed by atoms with Gasteiger partial charge in [-0.15, -0.1) is 0 Å². The molecule has 0 atom stereocenters. The number of ether oxygens (including phenoxy) is 8. The molecule has 0 saturated carbocycles. The molecule has 0 amide bonds. The van der Waals surface area contributed by atoms with E-state index in [1.54, 1.807) is 24.3 Å². The van der Waals surface area contributed by atoms with Crippen LogP contribution in [0, 0.1) is 0 Å². The summed E-state index contributed by atoms with van der Waals surface area (Å²) in [6.07, 6.45) is -5.13. The van der Waals surface area contributed by atoms with E-state index in [1.807, 2.05) is 48.5 Å². The summed E-state index contributed by atoms with van der Waals surface area (Å²) in [6, 6.07) is 24.8. The molecule has 7 aromatic rings. The van der Waals surface area contributed by atoms with E-state index in [9.17, 15) is 19.2 Å². The molecule has 0 bridgehead atoms. The summed E-state index contributed by atoms with van der Waals surface area (Å²) in [5.74, 6) is 1.57. The lowest BCUT2D eigenvalue weighted by molar-refractivity contribution is 0.0857. The van der Waals surface area contributed by atoms with Gasteiger partial charge in [0.25, 0.3) is 0 Å². The lowest BCUT2D eigenvalue weighted by atomic mass is 9.87. The first-order valence-electron chi connectivity index (χ1n) is 17.7. The molecule has 2 aliphatic heterocycles. The molecule has 9 rings (SSSR count). The highest BCUT2D eigenvalue weighted by Gasteiger charge is 2.33. The van der Waals surface area contributed by atoms with Crippen LogP contribution in [0.3, 0.4) is 0 Å². The molecular weight excluding hydrogens is 720 g/mol. The van der Waals surface area contributed by atoms with Crippen LogP contribution in [-0.4, -0.2) is 24.6 Å². The van der Waals surface area contributed by atoms with Gasteiger partial charge in [0.1, 0.15) is 46.0 Å². The standard InChI is InChI=1S/C44H32O12/c1-43(2,3)21-7-11-23(12-8-21)49-29-19-31-37-27(51-39(45)55-41(47)53-31)18-16-26-34-30(50-24-13-9-22(10-14-24)44(4,5)6)20-32-38-28(52-40(46)56-42(48)54-32)17-15-25(36(34)38)33(29)35(26)37/h7-20H,1-6H3. The normalized spacial score (nSPS) is 14.5. The Balaban J connectivity index is 1.40. The van der Waals surface area contributed by atoms with Crippen molar-refractivity contribution in [1.29, 1.82) is 0 Å². The minimum absolute atomic E-state index is 0.00185. The van der Waals surface area contributed by atoms with Gasteiger partial charge in [-0.3, -0.25) is 0 Å². The third-order valence-corrected chi connectivity index (χ3v) is 9.89. The van der Waals surface area contributed by atoms with Gasteiger partial charge < -0.3 is 37.9 Å². The van der Waals surface area contributed by atoms with Gasteiger partial charge in [0.2, 0.25) is 0 Å². The van der Waals surface area contributed by atoms with E-state index in [0.29, 0.717) is 43.8 Å². The fraction of sp³-hybridized carbons (Fsp3) is 0.182. The van der Waals surface area contributed by atoms with Gasteiger partial charge in [-0.1, -0.05) is 65.8 Å². The number of benzene rings is 7. The molecule has 0 radical (unpaired) electrons. The van der Waals surface area contributed by atoms with E-state index < -0.39 is 24.6 Å². The Morgan fingerprint density at radius 3 is 1.05 bits per heavy atom. The molecule has 7 aromatic carbocycles. The van der Waals surface area contributed by atoms with Crippen LogP contribution in [0.15, 0.2) is 84.9 Å². The van der Waals surface area contributed by atoms with Crippen LogP contribution >= 0.6 is 0 Å². The maximum Gasteiger partial charge on any atom is 0.524 e. The number of hydrogen-bond donors (Lipinski definition) is 0. The van der Waals surface area contributed by atoms with Crippen molar-refractivity contribution in [2.24, 2.45) is 0 Å². The van der Waals surface area contributed by atoms with Crippen LogP contribution in [0.2, 0.25) is 0 Å². The lowest BCUT2D eigenvalue weighted by Crippen LogP contribution is -2.22. The Bertz CT molecular complexity index is 2630. The topological polar surface area (TPSA) is 142 Å². The molecule has 0 spiro atoms. The van der Waals surface area contributed by atoms with Gasteiger partial charge in [-0.25, -0.2) is 19.2 Å². The first-order valence-corrected chi connectivity index (χ1v) is 17.7. The van der Waals surface area contributed by atoms with Crippen molar-refractivity contribution in [3.05, 3.63) is 96.1 Å². The average molecular weight is 753 g/mol. The van der Waals surface area contributed by atoms with Crippen molar-refractivity contribution in [2.45, 2.75) is 52.4 Å². The van der Waals surface area contributed by atoms with Crippen molar-refractivity contribution >= 4 is 67.7 Å². The number of carbonyl (C=O) groups is 4. The van der Waals surface area contributed by atoms with Crippen LogP contribution in [0.25, 0.3) is 43.1 Å². The fourth-order valence-electron chi connectivity index (χ4n) is 7.27. The number of fused-ring (bicyclic) bond motifs is 2. The van der Waals surface area contributed by atoms with Crippen molar-refractivity contribution in [3.8, 4) is 46.0 Å². The zero-order valence-electron chi connectivity index (χ0n) is 31.0. The molecule has 2 heterocycles. The Labute approximate surface area is 318 Å². The maximum absolute atomic E-state index is 12.8. The van der Waals surface area contributed by atoms with Gasteiger partial charge in [0.15, 0.2) is 0 Å². The molecule has 280 valence electrons. The molecule has 0 saturated heterocycles. The van der Waals surface area contributed by atoms with E-state index in [-0.39, 0.29) is 56.1 Å². The lowest BCUT2D eigenvalue weighted by Gasteiger charge is -2.25. The van der Waals surface area contributed by atoms with Crippen LogP contribution < -0.4 is 28.4 Å². The monoisotopic (exact) mass is 752 g/mol. The Morgan fingerprint density at radius 1 is 0.375 bits per heavy atom. The minimum Gasteiger partial charge on any atom is -0.457 e. The van der Waals surface area contributed by atoms with Gasteiger partial charge in [-0.05, 0) is 81.3 Å². The zero-order chi connectivity index (χ0) is 39.3. The van der Waals surface area contributed by atoms with Gasteiger partial charge >= 0.3 is 24.6 Å². The zero-order valence-corrected chi connectivity index (χ0v) is 31.0. The highest BCUT2D eigenvalue weighted by atomic mass is 16.8. The molecular formula is C44H32O12. The van der Waals surface area contributed by atoms with Crippen molar-refractivity contribution in [3.63, 3.8) is 0 Å². The second kappa shape index (κ2) is 12.2. The summed E-state index contributed by atoms with van der Waals surface area (Å²) in [5.41, 5.74) is 1.94. The highest BCUT2D eigenvalue weighted by molar-refractivity contribution is 6.38. The molecule has 2 aliphatic rings. The van der Waals surface area contributed by atoms with Crippen LogP contribution in [0.1, 0.15) is 52.7 Å². The highest BCUT2D eigenvalue weighted by Crippen LogP contribution is 2.56. The van der Waals surface area contributed by atoms with Gasteiger partial charge in [0.05, 0.1) is 10.8 Å². The maximum atomic E-state index is 12.8. The van der Waals surface area contributed by atoms with E-state index in [4.69, 9.17) is 37.9 Å². The third kappa shape index (κ3) is 5.77. The Kier molecular flexibility index (Phi) is 7.57. The Morgan fingerprint density at radius 2 is 0.714 bits per heavy atom. The fourth-order valence-corrected chi connectivity index (χ4v) is 7.27. The molecule has 0 aliphatic carbocycles. The molecule has 56 heavy (non-hydrogen) atoms. The number of cyclic esters (lactones) is 4. The summed E-state index contributed by atoms with van der Waals surface area (Å²) in [7, 11) is 0.